The first-order chi connectivity index (χ1) is 40.5. The van der Waals surface area contributed by atoms with Crippen LogP contribution >= 0.6 is 0 Å². The van der Waals surface area contributed by atoms with Gasteiger partial charge in [0, 0.05) is 12.8 Å². The van der Waals surface area contributed by atoms with Gasteiger partial charge >= 0.3 is 5.97 Å². The molecular weight excluding hydrogens is 1010 g/mol. The summed E-state index contributed by atoms with van der Waals surface area (Å²) in [5.74, 6) is -0.00634. The minimum atomic E-state index is -0.663. The summed E-state index contributed by atoms with van der Waals surface area (Å²) in [6, 6.07) is -0.540. The molecule has 0 saturated carbocycles. The highest BCUT2D eigenvalue weighted by molar-refractivity contribution is 5.76. The molecule has 0 spiro atoms. The Hall–Kier alpha value is -1.40. The van der Waals surface area contributed by atoms with Crippen LogP contribution in [-0.4, -0.2) is 47.4 Å². The topological polar surface area (TPSA) is 95.9 Å². The lowest BCUT2D eigenvalue weighted by atomic mass is 10.0. The van der Waals surface area contributed by atoms with E-state index < -0.39 is 12.1 Å². The van der Waals surface area contributed by atoms with Gasteiger partial charge < -0.3 is 20.3 Å². The van der Waals surface area contributed by atoms with Crippen LogP contribution in [-0.2, 0) is 14.3 Å². The molecule has 2 atom stereocenters. The molecule has 6 nitrogen and oxygen atoms in total. The summed E-state index contributed by atoms with van der Waals surface area (Å²) in [7, 11) is 0. The van der Waals surface area contributed by atoms with Gasteiger partial charge in [-0.1, -0.05) is 386 Å². The number of rotatable bonds is 72. The van der Waals surface area contributed by atoms with Gasteiger partial charge in [-0.2, -0.15) is 0 Å². The number of esters is 1. The zero-order valence-corrected chi connectivity index (χ0v) is 56.0. The van der Waals surface area contributed by atoms with Crippen molar-refractivity contribution in [2.45, 2.75) is 450 Å². The van der Waals surface area contributed by atoms with Gasteiger partial charge in [-0.25, -0.2) is 0 Å². The number of unbranched alkanes of at least 4 members (excludes halogenated alkanes) is 59. The van der Waals surface area contributed by atoms with E-state index in [-0.39, 0.29) is 18.5 Å². The first-order valence-electron chi connectivity index (χ1n) is 37.9. The number of aliphatic hydroxyl groups excluding tert-OH is 2. The lowest BCUT2D eigenvalue weighted by Crippen LogP contribution is -2.45. The molecule has 0 fully saturated rings. The van der Waals surface area contributed by atoms with E-state index >= 15 is 0 Å². The molecule has 0 aromatic rings. The number of ether oxygens (including phenoxy) is 1. The van der Waals surface area contributed by atoms with E-state index in [2.05, 4.69) is 31.3 Å². The van der Waals surface area contributed by atoms with Gasteiger partial charge in [0.25, 0.3) is 0 Å². The summed E-state index contributed by atoms with van der Waals surface area (Å²) in [5, 5.41) is 23.4. The third kappa shape index (κ3) is 67.7. The van der Waals surface area contributed by atoms with Crippen LogP contribution in [0.25, 0.3) is 0 Å². The fraction of sp³-hybridized carbons (Fsp3) is 0.947. The van der Waals surface area contributed by atoms with Crippen molar-refractivity contribution in [3.63, 3.8) is 0 Å². The fourth-order valence-corrected chi connectivity index (χ4v) is 12.3. The van der Waals surface area contributed by atoms with E-state index in [9.17, 15) is 19.8 Å². The van der Waals surface area contributed by atoms with Gasteiger partial charge in [0.15, 0.2) is 0 Å². The molecule has 0 aliphatic rings. The molecule has 82 heavy (non-hydrogen) atoms. The highest BCUT2D eigenvalue weighted by atomic mass is 16.5. The molecule has 0 radical (unpaired) electrons. The van der Waals surface area contributed by atoms with Crippen molar-refractivity contribution < 1.29 is 24.5 Å². The van der Waals surface area contributed by atoms with Gasteiger partial charge in [0.1, 0.15) is 0 Å². The number of aliphatic hydroxyl groups is 2. The van der Waals surface area contributed by atoms with E-state index in [0.29, 0.717) is 25.9 Å². The van der Waals surface area contributed by atoms with Gasteiger partial charge in [-0.15, -0.1) is 0 Å². The third-order valence-electron chi connectivity index (χ3n) is 18.1. The molecule has 0 aliphatic heterocycles. The minimum absolute atomic E-state index is 0.0231. The molecule has 0 aliphatic carbocycles. The van der Waals surface area contributed by atoms with E-state index in [1.807, 2.05) is 0 Å². The van der Waals surface area contributed by atoms with Crippen LogP contribution in [0.15, 0.2) is 12.2 Å². The SMILES string of the molecule is CCCCCCCCCCCCCCCCCCCCCC(=O)OCCCCCCCCCCCCCC/C=C\CCCCCCCCCCCCCCCCC(=O)NC(CO)C(O)CCCCCCCCCCCCCCCCCC. The highest BCUT2D eigenvalue weighted by Crippen LogP contribution is 2.20. The van der Waals surface area contributed by atoms with Crippen molar-refractivity contribution in [1.29, 1.82) is 0 Å². The first kappa shape index (κ1) is 80.6. The van der Waals surface area contributed by atoms with E-state index in [1.165, 1.54) is 366 Å². The zero-order chi connectivity index (χ0) is 59.2. The van der Waals surface area contributed by atoms with Crippen LogP contribution < -0.4 is 5.32 Å². The van der Waals surface area contributed by atoms with E-state index in [4.69, 9.17) is 4.74 Å². The molecule has 0 heterocycles. The summed E-state index contributed by atoms with van der Waals surface area (Å²) in [5.41, 5.74) is 0. The van der Waals surface area contributed by atoms with Crippen molar-refractivity contribution >= 4 is 11.9 Å². The van der Waals surface area contributed by atoms with Crippen molar-refractivity contribution in [2.24, 2.45) is 0 Å². The monoisotopic (exact) mass is 1160 g/mol. The van der Waals surface area contributed by atoms with Gasteiger partial charge in [0.05, 0.1) is 25.4 Å². The van der Waals surface area contributed by atoms with Crippen LogP contribution in [0, 0.1) is 0 Å². The second-order valence-corrected chi connectivity index (χ2v) is 26.3. The van der Waals surface area contributed by atoms with E-state index in [0.717, 1.165) is 38.5 Å². The number of hydrogen-bond acceptors (Lipinski definition) is 5. The Labute approximate surface area is 514 Å². The number of allylic oxidation sites excluding steroid dienone is 2. The van der Waals surface area contributed by atoms with E-state index in [1.54, 1.807) is 0 Å². The van der Waals surface area contributed by atoms with Crippen molar-refractivity contribution in [1.82, 2.24) is 5.32 Å². The average Bonchev–Trinajstić information content (AvgIpc) is 3.48. The lowest BCUT2D eigenvalue weighted by molar-refractivity contribution is -0.143. The van der Waals surface area contributed by atoms with Crippen molar-refractivity contribution in [2.75, 3.05) is 13.2 Å². The fourth-order valence-electron chi connectivity index (χ4n) is 12.3. The Morgan fingerprint density at radius 3 is 0.866 bits per heavy atom. The van der Waals surface area contributed by atoms with Crippen LogP contribution in [0.5, 0.6) is 0 Å². The molecule has 2 unspecified atom stereocenters. The van der Waals surface area contributed by atoms with Crippen molar-refractivity contribution in [3.8, 4) is 0 Å². The van der Waals surface area contributed by atoms with Crippen molar-refractivity contribution in [3.05, 3.63) is 12.2 Å². The predicted octanol–water partition coefficient (Wildman–Crippen LogP) is 24.7. The molecule has 0 bridgehead atoms. The Bertz CT molecular complexity index is 1240. The quantitative estimate of drug-likeness (QED) is 0.0320. The minimum Gasteiger partial charge on any atom is -0.466 e. The standard InChI is InChI=1S/C76H149NO5/c1-3-5-7-9-11-13-15-17-19-21-34-38-42-46-50-54-58-62-66-70-76(81)82-71-67-63-59-55-51-47-43-39-36-33-31-29-27-25-23-22-24-26-28-30-32-35-37-41-45-49-53-57-61-65-69-75(80)77-73(72-78)74(79)68-64-60-56-52-48-44-40-20-18-16-14-12-10-8-6-4-2/h23,25,73-74,78-79H,3-22,24,26-72H2,1-2H3,(H,77,80)/b25-23-. The van der Waals surface area contributed by atoms with Crippen LogP contribution in [0.3, 0.4) is 0 Å². The smallest absolute Gasteiger partial charge is 0.305 e. The third-order valence-corrected chi connectivity index (χ3v) is 18.1. The summed E-state index contributed by atoms with van der Waals surface area (Å²) in [6.07, 6.45) is 90.0. The van der Waals surface area contributed by atoms with Crippen LogP contribution in [0.2, 0.25) is 0 Å². The van der Waals surface area contributed by atoms with Gasteiger partial charge in [0.2, 0.25) is 5.91 Å². The molecule has 0 saturated heterocycles. The van der Waals surface area contributed by atoms with Crippen LogP contribution in [0.4, 0.5) is 0 Å². The molecular formula is C76H149NO5. The number of hydrogen-bond donors (Lipinski definition) is 3. The van der Waals surface area contributed by atoms with Gasteiger partial charge in [-0.3, -0.25) is 9.59 Å². The Morgan fingerprint density at radius 2 is 0.573 bits per heavy atom. The Morgan fingerprint density at radius 1 is 0.329 bits per heavy atom. The van der Waals surface area contributed by atoms with Crippen LogP contribution in [0.1, 0.15) is 438 Å². The summed E-state index contributed by atoms with van der Waals surface area (Å²) >= 11 is 0. The number of nitrogens with one attached hydrogen (secondary N) is 1. The lowest BCUT2D eigenvalue weighted by Gasteiger charge is -2.22. The molecule has 488 valence electrons. The molecule has 0 rings (SSSR count). The largest absolute Gasteiger partial charge is 0.466 e. The summed E-state index contributed by atoms with van der Waals surface area (Å²) in [6.45, 7) is 5.01. The first-order valence-corrected chi connectivity index (χ1v) is 37.9. The maximum Gasteiger partial charge on any atom is 0.305 e. The molecule has 0 aromatic carbocycles. The number of carbonyl (C=O) groups is 2. The molecule has 3 N–H and O–H groups in total. The average molecular weight is 1160 g/mol. The van der Waals surface area contributed by atoms with Gasteiger partial charge in [-0.05, 0) is 51.4 Å². The molecule has 6 heteroatoms. The Kier molecular flexibility index (Phi) is 70.8. The summed E-state index contributed by atoms with van der Waals surface area (Å²) < 4.78 is 5.52. The Balaban J connectivity index is 3.33. The maximum atomic E-state index is 12.5. The maximum absolute atomic E-state index is 12.5. The normalized spacial score (nSPS) is 12.5. The summed E-state index contributed by atoms with van der Waals surface area (Å²) in [4.78, 5) is 24.6. The zero-order valence-electron chi connectivity index (χ0n) is 56.0. The molecule has 0 aromatic heterocycles. The highest BCUT2D eigenvalue weighted by Gasteiger charge is 2.20. The predicted molar refractivity (Wildman–Crippen MR) is 361 cm³/mol. The number of carbonyl (C=O) groups excluding carboxylic acids is 2. The molecule has 1 amide bonds. The second-order valence-electron chi connectivity index (χ2n) is 26.3. The second kappa shape index (κ2) is 72.1. The number of amides is 1.